The van der Waals surface area contributed by atoms with E-state index in [1.807, 2.05) is 0 Å². The van der Waals surface area contributed by atoms with Gasteiger partial charge in [-0.1, -0.05) is 0 Å². The van der Waals surface area contributed by atoms with E-state index in [2.05, 4.69) is 0 Å². The number of benzene rings is 1. The first-order valence-electron chi connectivity index (χ1n) is 5.73. The lowest BCUT2D eigenvalue weighted by atomic mass is 10.2. The minimum absolute atomic E-state index is 0.0316. The molecule has 5 N–H and O–H groups in total. The molecular weight excluding hydrogens is 270 g/mol. The van der Waals surface area contributed by atoms with Crippen molar-refractivity contribution in [2.24, 2.45) is 5.73 Å². The monoisotopic (exact) mass is 285 g/mol. The van der Waals surface area contributed by atoms with Crippen LogP contribution in [0.1, 0.15) is 12.8 Å². The first kappa shape index (κ1) is 13.6. The van der Waals surface area contributed by atoms with E-state index < -0.39 is 22.0 Å². The fourth-order valence-electron chi connectivity index (χ4n) is 2.14. The molecule has 1 aromatic carbocycles. The number of anilines is 1. The molecule has 1 heterocycles. The number of hydrogen-bond donors (Lipinski definition) is 3. The van der Waals surface area contributed by atoms with Crippen molar-refractivity contribution < 1.29 is 18.3 Å². The van der Waals surface area contributed by atoms with E-state index in [0.717, 1.165) is 4.31 Å². The van der Waals surface area contributed by atoms with Crippen molar-refractivity contribution in [2.75, 3.05) is 12.3 Å². The van der Waals surface area contributed by atoms with Gasteiger partial charge in [0.2, 0.25) is 15.9 Å². The van der Waals surface area contributed by atoms with Crippen LogP contribution in [0.4, 0.5) is 5.69 Å². The van der Waals surface area contributed by atoms with Crippen LogP contribution in [-0.2, 0) is 14.8 Å². The van der Waals surface area contributed by atoms with Gasteiger partial charge in [0.05, 0.1) is 10.6 Å². The van der Waals surface area contributed by atoms with Crippen LogP contribution in [0.3, 0.4) is 0 Å². The minimum atomic E-state index is -3.83. The van der Waals surface area contributed by atoms with Crippen LogP contribution in [0.15, 0.2) is 23.1 Å². The van der Waals surface area contributed by atoms with Crippen molar-refractivity contribution in [3.8, 4) is 5.75 Å². The molecule has 1 amide bonds. The molecule has 1 fully saturated rings. The van der Waals surface area contributed by atoms with Gasteiger partial charge in [-0.05, 0) is 31.0 Å². The van der Waals surface area contributed by atoms with Gasteiger partial charge in [0.1, 0.15) is 11.8 Å². The van der Waals surface area contributed by atoms with Crippen LogP contribution < -0.4 is 11.5 Å². The second-order valence-electron chi connectivity index (χ2n) is 4.40. The molecule has 1 aliphatic heterocycles. The summed E-state index contributed by atoms with van der Waals surface area (Å²) in [6.45, 7) is 0.247. The molecule has 0 spiro atoms. The molecule has 0 aliphatic carbocycles. The van der Waals surface area contributed by atoms with Crippen LogP contribution in [0, 0.1) is 0 Å². The van der Waals surface area contributed by atoms with E-state index in [0.29, 0.717) is 12.8 Å². The normalized spacial score (nSPS) is 20.5. The van der Waals surface area contributed by atoms with Crippen molar-refractivity contribution in [3.63, 3.8) is 0 Å². The summed E-state index contributed by atoms with van der Waals surface area (Å²) in [7, 11) is -3.83. The Bertz CT molecular complexity index is 614. The zero-order chi connectivity index (χ0) is 14.2. The van der Waals surface area contributed by atoms with Gasteiger partial charge in [0.15, 0.2) is 0 Å². The zero-order valence-electron chi connectivity index (χ0n) is 10.1. The number of aromatic hydroxyl groups is 1. The summed E-state index contributed by atoms with van der Waals surface area (Å²) in [5.74, 6) is -0.848. The highest BCUT2D eigenvalue weighted by Gasteiger charge is 2.38. The van der Waals surface area contributed by atoms with E-state index in [1.165, 1.54) is 18.2 Å². The Balaban J connectivity index is 2.42. The average molecular weight is 285 g/mol. The summed E-state index contributed by atoms with van der Waals surface area (Å²) in [5, 5.41) is 9.31. The standard InChI is InChI=1S/C11H15N3O4S/c12-8-6-7(3-4-10(8)15)19(17,18)14-5-1-2-9(14)11(13)16/h3-4,6,9,15H,1-2,5,12H2,(H2,13,16). The first-order chi connectivity index (χ1) is 8.84. The smallest absolute Gasteiger partial charge is 0.243 e. The Morgan fingerprint density at radius 1 is 1.42 bits per heavy atom. The molecule has 8 heteroatoms. The third kappa shape index (κ3) is 2.36. The van der Waals surface area contributed by atoms with Crippen molar-refractivity contribution in [1.82, 2.24) is 4.31 Å². The second kappa shape index (κ2) is 4.71. The highest BCUT2D eigenvalue weighted by atomic mass is 32.2. The van der Waals surface area contributed by atoms with Crippen molar-refractivity contribution in [3.05, 3.63) is 18.2 Å². The van der Waals surface area contributed by atoms with Gasteiger partial charge in [0, 0.05) is 6.54 Å². The number of hydrogen-bond acceptors (Lipinski definition) is 5. The van der Waals surface area contributed by atoms with Crippen molar-refractivity contribution in [1.29, 1.82) is 0 Å². The number of primary amides is 1. The first-order valence-corrected chi connectivity index (χ1v) is 7.17. The number of nitrogen functional groups attached to an aromatic ring is 1. The Morgan fingerprint density at radius 2 is 2.11 bits per heavy atom. The van der Waals surface area contributed by atoms with Crippen LogP contribution >= 0.6 is 0 Å². The number of nitrogens with two attached hydrogens (primary N) is 2. The number of phenolic OH excluding ortho intramolecular Hbond substituents is 1. The maximum atomic E-state index is 12.4. The number of rotatable bonds is 3. The van der Waals surface area contributed by atoms with Crippen LogP contribution in [0.5, 0.6) is 5.75 Å². The minimum Gasteiger partial charge on any atom is -0.506 e. The molecule has 0 bridgehead atoms. The van der Waals surface area contributed by atoms with Crippen LogP contribution in [-0.4, -0.2) is 36.3 Å². The average Bonchev–Trinajstić information content (AvgIpc) is 2.82. The number of amides is 1. The summed E-state index contributed by atoms with van der Waals surface area (Å²) in [6, 6.07) is 2.80. The summed E-state index contributed by atoms with van der Waals surface area (Å²) in [5.41, 5.74) is 10.7. The SMILES string of the molecule is NC(=O)C1CCCN1S(=O)(=O)c1ccc(O)c(N)c1. The molecule has 0 aromatic heterocycles. The fraction of sp³-hybridized carbons (Fsp3) is 0.364. The third-order valence-electron chi connectivity index (χ3n) is 3.14. The van der Waals surface area contributed by atoms with E-state index in [1.54, 1.807) is 0 Å². The summed E-state index contributed by atoms with van der Waals surface area (Å²) in [6.07, 6.45) is 1.00. The molecule has 1 aliphatic rings. The van der Waals surface area contributed by atoms with Gasteiger partial charge in [-0.3, -0.25) is 4.79 Å². The highest BCUT2D eigenvalue weighted by Crippen LogP contribution is 2.29. The van der Waals surface area contributed by atoms with Crippen LogP contribution in [0.2, 0.25) is 0 Å². The molecule has 19 heavy (non-hydrogen) atoms. The van der Waals surface area contributed by atoms with E-state index in [9.17, 15) is 18.3 Å². The quantitative estimate of drug-likeness (QED) is 0.515. The lowest BCUT2D eigenvalue weighted by Gasteiger charge is -2.21. The topological polar surface area (TPSA) is 127 Å². The van der Waals surface area contributed by atoms with Gasteiger partial charge < -0.3 is 16.6 Å². The molecule has 7 nitrogen and oxygen atoms in total. The highest BCUT2D eigenvalue weighted by molar-refractivity contribution is 7.89. The number of carbonyl (C=O) groups is 1. The molecule has 1 aromatic rings. The summed E-state index contributed by atoms with van der Waals surface area (Å²) < 4.78 is 25.9. The van der Waals surface area contributed by atoms with Gasteiger partial charge >= 0.3 is 0 Å². The molecule has 104 valence electrons. The number of phenols is 1. The largest absolute Gasteiger partial charge is 0.506 e. The molecule has 1 saturated heterocycles. The lowest BCUT2D eigenvalue weighted by Crippen LogP contribution is -2.43. The number of sulfonamides is 1. The van der Waals surface area contributed by atoms with Crippen LogP contribution in [0.25, 0.3) is 0 Å². The lowest BCUT2D eigenvalue weighted by molar-refractivity contribution is -0.121. The number of carbonyl (C=O) groups excluding carboxylic acids is 1. The molecule has 1 unspecified atom stereocenters. The molecule has 1 atom stereocenters. The molecule has 0 radical (unpaired) electrons. The Hall–Kier alpha value is -1.80. The van der Waals surface area contributed by atoms with E-state index in [4.69, 9.17) is 11.5 Å². The van der Waals surface area contributed by atoms with Gasteiger partial charge in [-0.25, -0.2) is 8.42 Å². The molecule has 0 saturated carbocycles. The second-order valence-corrected chi connectivity index (χ2v) is 6.29. The molecular formula is C11H15N3O4S. The maximum absolute atomic E-state index is 12.4. The van der Waals surface area contributed by atoms with Crippen molar-refractivity contribution in [2.45, 2.75) is 23.8 Å². The fourth-order valence-corrected chi connectivity index (χ4v) is 3.84. The summed E-state index contributed by atoms with van der Waals surface area (Å²) in [4.78, 5) is 11.2. The zero-order valence-corrected chi connectivity index (χ0v) is 10.9. The summed E-state index contributed by atoms with van der Waals surface area (Å²) >= 11 is 0. The Kier molecular flexibility index (Phi) is 3.38. The van der Waals surface area contributed by atoms with Gasteiger partial charge in [0.25, 0.3) is 0 Å². The third-order valence-corrected chi connectivity index (χ3v) is 5.04. The van der Waals surface area contributed by atoms with E-state index >= 15 is 0 Å². The van der Waals surface area contributed by atoms with Gasteiger partial charge in [-0.15, -0.1) is 0 Å². The van der Waals surface area contributed by atoms with E-state index in [-0.39, 0.29) is 22.9 Å². The predicted molar refractivity (Wildman–Crippen MR) is 68.6 cm³/mol. The molecule has 2 rings (SSSR count). The Labute approximate surface area is 110 Å². The Morgan fingerprint density at radius 3 is 2.68 bits per heavy atom. The van der Waals surface area contributed by atoms with Crippen molar-refractivity contribution >= 4 is 21.6 Å². The number of nitrogens with zero attached hydrogens (tertiary/aromatic N) is 1. The maximum Gasteiger partial charge on any atom is 0.243 e. The van der Waals surface area contributed by atoms with Gasteiger partial charge in [-0.2, -0.15) is 4.31 Å². The predicted octanol–water partition coefficient (Wildman–Crippen LogP) is -0.387.